The number of hydrogen-bond donors (Lipinski definition) is 1. The summed E-state index contributed by atoms with van der Waals surface area (Å²) in [6.45, 7) is 11.3. The molecule has 1 unspecified atom stereocenters. The molecule has 1 heterocycles. The third kappa shape index (κ3) is 2.48. The Balaban J connectivity index is 1.66. The SMILES string of the molecule is CNc1ccccc1CCN1CC2CC[C@](C)(C1)C2(C)C. The van der Waals surface area contributed by atoms with Crippen LogP contribution in [0.4, 0.5) is 5.69 Å². The van der Waals surface area contributed by atoms with Crippen molar-refractivity contribution < 1.29 is 0 Å². The molecule has 0 amide bonds. The molecule has 2 atom stereocenters. The summed E-state index contributed by atoms with van der Waals surface area (Å²) in [5.74, 6) is 0.885. The summed E-state index contributed by atoms with van der Waals surface area (Å²) in [7, 11) is 2.02. The highest BCUT2D eigenvalue weighted by atomic mass is 15.2. The van der Waals surface area contributed by atoms with Crippen molar-refractivity contribution in [2.75, 3.05) is 32.0 Å². The van der Waals surface area contributed by atoms with Gasteiger partial charge in [0.2, 0.25) is 0 Å². The van der Waals surface area contributed by atoms with E-state index >= 15 is 0 Å². The van der Waals surface area contributed by atoms with Crippen molar-refractivity contribution in [1.29, 1.82) is 0 Å². The van der Waals surface area contributed by atoms with Crippen LogP contribution in [-0.2, 0) is 6.42 Å². The molecule has 1 aromatic rings. The normalized spacial score (nSPS) is 31.3. The van der Waals surface area contributed by atoms with Gasteiger partial charge in [0.15, 0.2) is 0 Å². The van der Waals surface area contributed by atoms with Gasteiger partial charge in [0.05, 0.1) is 0 Å². The first kappa shape index (κ1) is 14.9. The summed E-state index contributed by atoms with van der Waals surface area (Å²) in [5, 5.41) is 3.32. The molecule has 2 bridgehead atoms. The van der Waals surface area contributed by atoms with E-state index < -0.39 is 0 Å². The summed E-state index contributed by atoms with van der Waals surface area (Å²) in [5.41, 5.74) is 3.76. The number of nitrogens with one attached hydrogen (secondary N) is 1. The van der Waals surface area contributed by atoms with E-state index in [0.29, 0.717) is 10.8 Å². The number of para-hydroxylation sites is 1. The standard InChI is InChI=1S/C19H30N2/c1-18(2)16-9-11-19(18,3)14-21(13-16)12-10-15-7-5-6-8-17(15)20-4/h5-8,16,20H,9-14H2,1-4H3/t16?,19-/m1/s1. The molecule has 1 saturated carbocycles. The second kappa shape index (κ2) is 5.31. The van der Waals surface area contributed by atoms with Crippen molar-refractivity contribution in [2.24, 2.45) is 16.7 Å². The minimum absolute atomic E-state index is 0.512. The average Bonchev–Trinajstić information content (AvgIpc) is 2.63. The number of likely N-dealkylation sites (tertiary alicyclic amines) is 1. The Morgan fingerprint density at radius 2 is 2.00 bits per heavy atom. The number of nitrogens with zero attached hydrogens (tertiary/aromatic N) is 1. The molecule has 3 rings (SSSR count). The third-order valence-corrected chi connectivity index (χ3v) is 6.66. The lowest BCUT2D eigenvalue weighted by atomic mass is 9.63. The van der Waals surface area contributed by atoms with E-state index in [1.54, 1.807) is 0 Å². The number of benzene rings is 1. The van der Waals surface area contributed by atoms with Gasteiger partial charge in [-0.05, 0) is 47.6 Å². The smallest absolute Gasteiger partial charge is 0.0370 e. The van der Waals surface area contributed by atoms with Crippen LogP contribution in [0.1, 0.15) is 39.2 Å². The summed E-state index contributed by atoms with van der Waals surface area (Å²) in [4.78, 5) is 2.72. The van der Waals surface area contributed by atoms with Gasteiger partial charge < -0.3 is 10.2 Å². The van der Waals surface area contributed by atoms with E-state index in [1.807, 2.05) is 7.05 Å². The molecule has 1 aliphatic carbocycles. The summed E-state index contributed by atoms with van der Waals surface area (Å²) in [6.07, 6.45) is 3.99. The number of fused-ring (bicyclic) bond motifs is 2. The molecule has 2 aliphatic rings. The first-order valence-corrected chi connectivity index (χ1v) is 8.44. The lowest BCUT2D eigenvalue weighted by Crippen LogP contribution is -2.52. The van der Waals surface area contributed by atoms with E-state index in [2.05, 4.69) is 55.3 Å². The summed E-state index contributed by atoms with van der Waals surface area (Å²) in [6, 6.07) is 8.70. The Bertz CT molecular complexity index is 508. The predicted molar refractivity (Wildman–Crippen MR) is 90.7 cm³/mol. The van der Waals surface area contributed by atoms with Gasteiger partial charge >= 0.3 is 0 Å². The molecule has 2 nitrogen and oxygen atoms in total. The summed E-state index contributed by atoms with van der Waals surface area (Å²) >= 11 is 0. The predicted octanol–water partition coefficient (Wildman–Crippen LogP) is 4.03. The number of hydrogen-bond acceptors (Lipinski definition) is 2. The maximum absolute atomic E-state index is 3.32. The molecule has 21 heavy (non-hydrogen) atoms. The van der Waals surface area contributed by atoms with Gasteiger partial charge in [0.25, 0.3) is 0 Å². The number of anilines is 1. The van der Waals surface area contributed by atoms with Crippen molar-refractivity contribution in [3.63, 3.8) is 0 Å². The van der Waals surface area contributed by atoms with Gasteiger partial charge in [0, 0.05) is 32.4 Å². The Morgan fingerprint density at radius 3 is 2.71 bits per heavy atom. The van der Waals surface area contributed by atoms with Gasteiger partial charge in [-0.3, -0.25) is 0 Å². The lowest BCUT2D eigenvalue weighted by molar-refractivity contribution is -0.0169. The van der Waals surface area contributed by atoms with Gasteiger partial charge in [-0.1, -0.05) is 39.0 Å². The van der Waals surface area contributed by atoms with Crippen LogP contribution in [0.2, 0.25) is 0 Å². The largest absolute Gasteiger partial charge is 0.388 e. The maximum Gasteiger partial charge on any atom is 0.0370 e. The van der Waals surface area contributed by atoms with Crippen LogP contribution in [0.15, 0.2) is 24.3 Å². The van der Waals surface area contributed by atoms with E-state index in [1.165, 1.54) is 43.7 Å². The second-order valence-electron chi connectivity index (χ2n) is 7.91. The monoisotopic (exact) mass is 286 g/mol. The van der Waals surface area contributed by atoms with Gasteiger partial charge in [-0.25, -0.2) is 0 Å². The Kier molecular flexibility index (Phi) is 3.77. The highest BCUT2D eigenvalue weighted by Gasteiger charge is 2.55. The van der Waals surface area contributed by atoms with E-state index in [0.717, 1.165) is 12.3 Å². The molecule has 0 radical (unpaired) electrons. The number of rotatable bonds is 4. The topological polar surface area (TPSA) is 15.3 Å². The Morgan fingerprint density at radius 1 is 1.24 bits per heavy atom. The molecule has 116 valence electrons. The zero-order valence-electron chi connectivity index (χ0n) is 14.1. The molecular formula is C19H30N2. The highest BCUT2D eigenvalue weighted by Crippen LogP contribution is 2.58. The average molecular weight is 286 g/mol. The lowest BCUT2D eigenvalue weighted by Gasteiger charge is -2.50. The van der Waals surface area contributed by atoms with E-state index in [4.69, 9.17) is 0 Å². The molecular weight excluding hydrogens is 256 g/mol. The zero-order chi connectivity index (χ0) is 15.1. The van der Waals surface area contributed by atoms with Crippen LogP contribution in [0.3, 0.4) is 0 Å². The van der Waals surface area contributed by atoms with Crippen molar-refractivity contribution in [3.8, 4) is 0 Å². The highest BCUT2D eigenvalue weighted by molar-refractivity contribution is 5.50. The van der Waals surface area contributed by atoms with Crippen LogP contribution in [0, 0.1) is 16.7 Å². The molecule has 2 heteroatoms. The maximum atomic E-state index is 3.32. The van der Waals surface area contributed by atoms with Crippen LogP contribution in [0.25, 0.3) is 0 Å². The fourth-order valence-corrected chi connectivity index (χ4v) is 4.57. The molecule has 1 saturated heterocycles. The first-order valence-electron chi connectivity index (χ1n) is 8.44. The minimum atomic E-state index is 0.512. The van der Waals surface area contributed by atoms with Crippen molar-refractivity contribution in [1.82, 2.24) is 4.90 Å². The quantitative estimate of drug-likeness (QED) is 0.899. The van der Waals surface area contributed by atoms with Gasteiger partial charge in [-0.2, -0.15) is 0 Å². The van der Waals surface area contributed by atoms with E-state index in [9.17, 15) is 0 Å². The second-order valence-corrected chi connectivity index (χ2v) is 7.91. The molecule has 1 N–H and O–H groups in total. The molecule has 1 aliphatic heterocycles. The fourth-order valence-electron chi connectivity index (χ4n) is 4.57. The fraction of sp³-hybridized carbons (Fsp3) is 0.684. The van der Waals surface area contributed by atoms with Gasteiger partial charge in [0.1, 0.15) is 0 Å². The van der Waals surface area contributed by atoms with Gasteiger partial charge in [-0.15, -0.1) is 0 Å². The van der Waals surface area contributed by atoms with Crippen molar-refractivity contribution >= 4 is 5.69 Å². The van der Waals surface area contributed by atoms with Crippen molar-refractivity contribution in [3.05, 3.63) is 29.8 Å². The molecule has 0 spiro atoms. The van der Waals surface area contributed by atoms with Crippen LogP contribution < -0.4 is 5.32 Å². The summed E-state index contributed by atoms with van der Waals surface area (Å²) < 4.78 is 0. The van der Waals surface area contributed by atoms with E-state index in [-0.39, 0.29) is 0 Å². The van der Waals surface area contributed by atoms with Crippen LogP contribution in [0.5, 0.6) is 0 Å². The Labute approximate surface area is 129 Å². The molecule has 2 fully saturated rings. The third-order valence-electron chi connectivity index (χ3n) is 6.66. The van der Waals surface area contributed by atoms with Crippen molar-refractivity contribution in [2.45, 2.75) is 40.0 Å². The zero-order valence-corrected chi connectivity index (χ0v) is 14.1. The first-order chi connectivity index (χ1) is 9.96. The number of piperidine rings is 1. The van der Waals surface area contributed by atoms with Crippen LogP contribution >= 0.6 is 0 Å². The minimum Gasteiger partial charge on any atom is -0.388 e. The van der Waals surface area contributed by atoms with Crippen LogP contribution in [-0.4, -0.2) is 31.6 Å². The molecule has 0 aromatic heterocycles. The Hall–Kier alpha value is -1.02. The molecule has 1 aromatic carbocycles.